The summed E-state index contributed by atoms with van der Waals surface area (Å²) < 4.78 is 28.3. The molecule has 0 aliphatic carbocycles. The standard InChI is InChI=1S/C13H24N4O2S/c1-3-14-11-12-6-9-16(10-7-12)20(18,19)13-5-8-15-17(13)4-2/h5,8,12,14H,3-4,6-7,9-11H2,1-2H3. The van der Waals surface area contributed by atoms with E-state index in [1.807, 2.05) is 6.92 Å². The zero-order chi connectivity index (χ0) is 14.6. The molecule has 0 bridgehead atoms. The fourth-order valence-corrected chi connectivity index (χ4v) is 4.24. The van der Waals surface area contributed by atoms with Crippen molar-refractivity contribution in [1.29, 1.82) is 0 Å². The number of hydrogen-bond donors (Lipinski definition) is 1. The van der Waals surface area contributed by atoms with Gasteiger partial charge in [-0.3, -0.25) is 4.68 Å². The topological polar surface area (TPSA) is 67.2 Å². The van der Waals surface area contributed by atoms with Gasteiger partial charge in [-0.25, -0.2) is 8.42 Å². The van der Waals surface area contributed by atoms with Gasteiger partial charge in [-0.15, -0.1) is 0 Å². The van der Waals surface area contributed by atoms with Gasteiger partial charge >= 0.3 is 0 Å². The summed E-state index contributed by atoms with van der Waals surface area (Å²) in [5, 5.41) is 7.70. The summed E-state index contributed by atoms with van der Waals surface area (Å²) in [5.41, 5.74) is 0. The molecule has 20 heavy (non-hydrogen) atoms. The molecular weight excluding hydrogens is 276 g/mol. The van der Waals surface area contributed by atoms with E-state index in [0.717, 1.165) is 25.9 Å². The molecule has 0 unspecified atom stereocenters. The molecule has 0 aromatic carbocycles. The largest absolute Gasteiger partial charge is 0.317 e. The van der Waals surface area contributed by atoms with Gasteiger partial charge in [-0.05, 0) is 44.8 Å². The smallest absolute Gasteiger partial charge is 0.260 e. The molecular formula is C13H24N4O2S. The van der Waals surface area contributed by atoms with Crippen molar-refractivity contribution in [2.45, 2.75) is 38.3 Å². The van der Waals surface area contributed by atoms with Crippen molar-refractivity contribution in [3.8, 4) is 0 Å². The van der Waals surface area contributed by atoms with Crippen LogP contribution in [-0.2, 0) is 16.6 Å². The monoisotopic (exact) mass is 300 g/mol. The maximum absolute atomic E-state index is 12.6. The zero-order valence-corrected chi connectivity index (χ0v) is 13.1. The third-order valence-corrected chi connectivity index (χ3v) is 5.76. The third-order valence-electron chi connectivity index (χ3n) is 3.84. The zero-order valence-electron chi connectivity index (χ0n) is 12.2. The highest BCUT2D eigenvalue weighted by molar-refractivity contribution is 7.89. The summed E-state index contributed by atoms with van der Waals surface area (Å²) >= 11 is 0. The van der Waals surface area contributed by atoms with Gasteiger partial charge in [0.25, 0.3) is 10.0 Å². The lowest BCUT2D eigenvalue weighted by Crippen LogP contribution is -2.41. The van der Waals surface area contributed by atoms with E-state index < -0.39 is 10.0 Å². The summed E-state index contributed by atoms with van der Waals surface area (Å²) in [5.74, 6) is 0.581. The van der Waals surface area contributed by atoms with Crippen molar-refractivity contribution >= 4 is 10.0 Å². The highest BCUT2D eigenvalue weighted by Gasteiger charge is 2.31. The first-order valence-electron chi connectivity index (χ1n) is 7.32. The second-order valence-corrected chi connectivity index (χ2v) is 7.03. The fraction of sp³-hybridized carbons (Fsp3) is 0.769. The average Bonchev–Trinajstić information content (AvgIpc) is 2.95. The highest BCUT2D eigenvalue weighted by atomic mass is 32.2. The van der Waals surface area contributed by atoms with Crippen LogP contribution in [0.1, 0.15) is 26.7 Å². The molecule has 1 aliphatic heterocycles. The van der Waals surface area contributed by atoms with Gasteiger partial charge in [0.1, 0.15) is 0 Å². The molecule has 6 nitrogen and oxygen atoms in total. The van der Waals surface area contributed by atoms with Gasteiger partial charge in [0, 0.05) is 19.6 Å². The average molecular weight is 300 g/mol. The SMILES string of the molecule is CCNCC1CCN(S(=O)(=O)c2ccnn2CC)CC1. The minimum absolute atomic E-state index is 0.310. The molecule has 0 amide bonds. The van der Waals surface area contributed by atoms with Gasteiger partial charge in [0.05, 0.1) is 6.20 Å². The van der Waals surface area contributed by atoms with Gasteiger partial charge in [0.15, 0.2) is 5.03 Å². The van der Waals surface area contributed by atoms with E-state index in [-0.39, 0.29) is 0 Å². The van der Waals surface area contributed by atoms with Crippen molar-refractivity contribution in [3.63, 3.8) is 0 Å². The lowest BCUT2D eigenvalue weighted by atomic mass is 9.98. The Morgan fingerprint density at radius 2 is 2.05 bits per heavy atom. The van der Waals surface area contributed by atoms with Gasteiger partial charge in [-0.2, -0.15) is 9.40 Å². The Morgan fingerprint density at radius 1 is 1.35 bits per heavy atom. The van der Waals surface area contributed by atoms with Crippen molar-refractivity contribution in [1.82, 2.24) is 19.4 Å². The molecule has 0 spiro atoms. The Kier molecular flexibility index (Phi) is 5.17. The lowest BCUT2D eigenvalue weighted by Gasteiger charge is -2.31. The Bertz CT molecular complexity index is 518. The van der Waals surface area contributed by atoms with Crippen molar-refractivity contribution in [3.05, 3.63) is 12.3 Å². The van der Waals surface area contributed by atoms with Crippen molar-refractivity contribution in [2.24, 2.45) is 5.92 Å². The molecule has 0 saturated carbocycles. The maximum atomic E-state index is 12.6. The summed E-state index contributed by atoms with van der Waals surface area (Å²) in [6.45, 7) is 7.71. The van der Waals surface area contributed by atoms with Crippen LogP contribution in [0.25, 0.3) is 0 Å². The van der Waals surface area contributed by atoms with Gasteiger partial charge in [-0.1, -0.05) is 6.92 Å². The number of aryl methyl sites for hydroxylation is 1. The molecule has 1 aliphatic rings. The van der Waals surface area contributed by atoms with Gasteiger partial charge < -0.3 is 5.32 Å². The summed E-state index contributed by atoms with van der Waals surface area (Å²) in [6.07, 6.45) is 3.40. The number of aromatic nitrogens is 2. The third kappa shape index (κ3) is 3.21. The Morgan fingerprint density at radius 3 is 2.65 bits per heavy atom. The van der Waals surface area contributed by atoms with Crippen LogP contribution in [0.15, 0.2) is 17.3 Å². The first-order chi connectivity index (χ1) is 9.59. The van der Waals surface area contributed by atoms with E-state index in [9.17, 15) is 8.42 Å². The maximum Gasteiger partial charge on any atom is 0.260 e. The van der Waals surface area contributed by atoms with Crippen molar-refractivity contribution < 1.29 is 8.42 Å². The van der Waals surface area contributed by atoms with Crippen LogP contribution >= 0.6 is 0 Å². The predicted molar refractivity (Wildman–Crippen MR) is 77.9 cm³/mol. The highest BCUT2D eigenvalue weighted by Crippen LogP contribution is 2.23. The number of piperidine rings is 1. The Labute approximate surface area is 121 Å². The fourth-order valence-electron chi connectivity index (χ4n) is 2.61. The molecule has 1 N–H and O–H groups in total. The second kappa shape index (κ2) is 6.69. The van der Waals surface area contributed by atoms with E-state index in [1.165, 1.54) is 0 Å². The number of rotatable bonds is 6. The van der Waals surface area contributed by atoms with E-state index in [2.05, 4.69) is 17.3 Å². The van der Waals surface area contributed by atoms with Crippen LogP contribution in [0.5, 0.6) is 0 Å². The summed E-state index contributed by atoms with van der Waals surface area (Å²) in [4.78, 5) is 0. The van der Waals surface area contributed by atoms with E-state index >= 15 is 0 Å². The predicted octanol–water partition coefficient (Wildman–Crippen LogP) is 0.913. The molecule has 0 atom stereocenters. The van der Waals surface area contributed by atoms with Gasteiger partial charge in [0.2, 0.25) is 0 Å². The molecule has 1 saturated heterocycles. The van der Waals surface area contributed by atoms with Crippen LogP contribution in [0.2, 0.25) is 0 Å². The molecule has 1 fully saturated rings. The lowest BCUT2D eigenvalue weighted by molar-refractivity contribution is 0.267. The molecule has 2 heterocycles. The van der Waals surface area contributed by atoms with Crippen LogP contribution in [0, 0.1) is 5.92 Å². The molecule has 1 aromatic heterocycles. The van der Waals surface area contributed by atoms with Crippen LogP contribution in [0.3, 0.4) is 0 Å². The van der Waals surface area contributed by atoms with Crippen molar-refractivity contribution in [2.75, 3.05) is 26.2 Å². The number of nitrogens with zero attached hydrogens (tertiary/aromatic N) is 3. The summed E-state index contributed by atoms with van der Waals surface area (Å²) in [7, 11) is -3.39. The summed E-state index contributed by atoms with van der Waals surface area (Å²) in [6, 6.07) is 1.59. The Balaban J connectivity index is 2.02. The molecule has 1 aromatic rings. The first-order valence-corrected chi connectivity index (χ1v) is 8.76. The van der Waals surface area contributed by atoms with Crippen LogP contribution in [0.4, 0.5) is 0 Å². The Hall–Kier alpha value is -0.920. The number of hydrogen-bond acceptors (Lipinski definition) is 4. The second-order valence-electron chi connectivity index (χ2n) is 5.14. The first kappa shape index (κ1) is 15.5. The number of sulfonamides is 1. The minimum Gasteiger partial charge on any atom is -0.317 e. The minimum atomic E-state index is -3.39. The molecule has 2 rings (SSSR count). The van der Waals surface area contributed by atoms with Crippen LogP contribution < -0.4 is 5.32 Å². The van der Waals surface area contributed by atoms with E-state index in [4.69, 9.17) is 0 Å². The van der Waals surface area contributed by atoms with Crippen LogP contribution in [-0.4, -0.2) is 48.7 Å². The molecule has 114 valence electrons. The normalized spacial score (nSPS) is 18.5. The quantitative estimate of drug-likeness (QED) is 0.848. The molecule has 7 heteroatoms. The number of nitrogens with one attached hydrogen (secondary N) is 1. The molecule has 0 radical (unpaired) electrons. The van der Waals surface area contributed by atoms with E-state index in [0.29, 0.717) is 30.6 Å². The van der Waals surface area contributed by atoms with E-state index in [1.54, 1.807) is 21.3 Å².